The van der Waals surface area contributed by atoms with Crippen LogP contribution in [0.3, 0.4) is 0 Å². The van der Waals surface area contributed by atoms with Crippen LogP contribution in [0, 0.1) is 0 Å². The van der Waals surface area contributed by atoms with E-state index in [2.05, 4.69) is 59.8 Å². The number of nitrogens with zero attached hydrogens (tertiary/aromatic N) is 4. The molecule has 33 heavy (non-hydrogen) atoms. The molecule has 0 fully saturated rings. The summed E-state index contributed by atoms with van der Waals surface area (Å²) < 4.78 is 89.4. The van der Waals surface area contributed by atoms with Crippen molar-refractivity contribution in [3.8, 4) is 0 Å². The van der Waals surface area contributed by atoms with Gasteiger partial charge in [-0.05, 0) is 33.1 Å². The van der Waals surface area contributed by atoms with Gasteiger partial charge >= 0.3 is 14.5 Å². The summed E-state index contributed by atoms with van der Waals surface area (Å²) in [6, 6.07) is 0. The van der Waals surface area contributed by atoms with Crippen LogP contribution in [0.2, 0.25) is 0 Å². The maximum atomic E-state index is 9.75. The molecular formula is C18H32B2F8N4O. The van der Waals surface area contributed by atoms with Gasteiger partial charge in [0.1, 0.15) is 18.6 Å². The number of unbranched alkanes of at least 4 members (excludes halogenated alkanes) is 1. The minimum Gasteiger partial charge on any atom is -0.418 e. The van der Waals surface area contributed by atoms with Gasteiger partial charge in [0.25, 0.3) is 0 Å². The number of aromatic nitrogens is 2. The Bertz CT molecular complexity index is 674. The Balaban J connectivity index is 0.000000859. The summed E-state index contributed by atoms with van der Waals surface area (Å²) in [6.07, 6.45) is 17.1. The van der Waals surface area contributed by atoms with E-state index in [-0.39, 0.29) is 6.23 Å². The zero-order valence-electron chi connectivity index (χ0n) is 19.1. The molecule has 0 saturated carbocycles. The topological polar surface area (TPSA) is 30.4 Å². The number of halogens is 8. The molecule has 0 saturated heterocycles. The summed E-state index contributed by atoms with van der Waals surface area (Å²) in [5.74, 6) is 0. The van der Waals surface area contributed by atoms with Gasteiger partial charge in [-0.15, -0.1) is 0 Å². The average Bonchev–Trinajstić information content (AvgIpc) is 3.34. The van der Waals surface area contributed by atoms with E-state index in [1.165, 1.54) is 0 Å². The molecule has 1 aliphatic rings. The summed E-state index contributed by atoms with van der Waals surface area (Å²) in [6.45, 7) is 10.6. The number of hydrogen-bond acceptors (Lipinski definition) is 2. The van der Waals surface area contributed by atoms with Crippen LogP contribution in [0.5, 0.6) is 0 Å². The Morgan fingerprint density at radius 2 is 1.61 bits per heavy atom. The van der Waals surface area contributed by atoms with Crippen LogP contribution < -0.4 is 4.57 Å². The lowest BCUT2D eigenvalue weighted by atomic mass is 10.2. The summed E-state index contributed by atoms with van der Waals surface area (Å²) in [5.41, 5.74) is 0. The number of hydrogen-bond donors (Lipinski definition) is 0. The first-order chi connectivity index (χ1) is 15.2. The molecule has 0 bridgehead atoms. The third-order valence-corrected chi connectivity index (χ3v) is 4.56. The first kappa shape index (κ1) is 31.1. The zero-order valence-corrected chi connectivity index (χ0v) is 19.1. The van der Waals surface area contributed by atoms with E-state index in [9.17, 15) is 34.5 Å². The largest absolute Gasteiger partial charge is 0.673 e. The molecular weight excluding hydrogens is 462 g/mol. The number of aryl methyl sites for hydroxylation is 1. The van der Waals surface area contributed by atoms with Crippen molar-refractivity contribution in [3.63, 3.8) is 0 Å². The Hall–Kier alpha value is -1.89. The average molecular weight is 494 g/mol. The van der Waals surface area contributed by atoms with Gasteiger partial charge in [0.05, 0.1) is 32.4 Å². The van der Waals surface area contributed by atoms with Crippen molar-refractivity contribution in [2.75, 3.05) is 19.7 Å². The van der Waals surface area contributed by atoms with Gasteiger partial charge in [-0.1, -0.05) is 6.92 Å². The molecule has 15 heteroatoms. The molecule has 0 aliphatic carbocycles. The van der Waals surface area contributed by atoms with E-state index in [1.807, 2.05) is 12.5 Å². The van der Waals surface area contributed by atoms with Gasteiger partial charge < -0.3 is 39.3 Å². The maximum Gasteiger partial charge on any atom is 0.673 e. The molecule has 1 aromatic rings. The Kier molecular flexibility index (Phi) is 14.2. The molecule has 0 N–H and O–H groups in total. The first-order valence-electron chi connectivity index (χ1n) is 10.7. The van der Waals surface area contributed by atoms with Crippen LogP contribution in [0.4, 0.5) is 34.5 Å². The minimum atomic E-state index is -6.00. The van der Waals surface area contributed by atoms with E-state index in [1.54, 1.807) is 0 Å². The summed E-state index contributed by atoms with van der Waals surface area (Å²) in [4.78, 5) is 4.24. The lowest BCUT2D eigenvalue weighted by Gasteiger charge is -2.25. The van der Waals surface area contributed by atoms with Crippen molar-refractivity contribution >= 4 is 20.8 Å². The van der Waals surface area contributed by atoms with Gasteiger partial charge in [0.15, 0.2) is 6.34 Å². The highest BCUT2D eigenvalue weighted by molar-refractivity contribution is 6.50. The summed E-state index contributed by atoms with van der Waals surface area (Å²) >= 11 is 0. The Morgan fingerprint density at radius 1 is 1.00 bits per heavy atom. The molecule has 1 aliphatic heterocycles. The van der Waals surface area contributed by atoms with Gasteiger partial charge in [-0.3, -0.25) is 4.48 Å². The highest BCUT2D eigenvalue weighted by Gasteiger charge is 2.23. The lowest BCUT2D eigenvalue weighted by molar-refractivity contribution is -0.777. The van der Waals surface area contributed by atoms with E-state index in [4.69, 9.17) is 4.74 Å². The van der Waals surface area contributed by atoms with E-state index < -0.39 is 14.5 Å². The first-order valence-corrected chi connectivity index (χ1v) is 10.7. The van der Waals surface area contributed by atoms with Gasteiger partial charge in [0.2, 0.25) is 12.6 Å². The number of imidazole rings is 1. The normalized spacial score (nSPS) is 18.4. The molecule has 5 nitrogen and oxygen atoms in total. The van der Waals surface area contributed by atoms with Crippen LogP contribution in [0.15, 0.2) is 36.1 Å². The SMILES string of the molecule is CCCC(OCCCC[N+]1(CC)C=CN=C1)n1cc[n+](CC)c1.F[B-](F)(F)F.F[B-](F)(F)F. The zero-order chi connectivity index (χ0) is 25.5. The van der Waals surface area contributed by atoms with Gasteiger partial charge in [-0.25, -0.2) is 14.1 Å². The van der Waals surface area contributed by atoms with Crippen LogP contribution >= 0.6 is 0 Å². The van der Waals surface area contributed by atoms with Crippen LogP contribution in [-0.2, 0) is 11.3 Å². The Morgan fingerprint density at radius 3 is 2.03 bits per heavy atom. The Labute approximate surface area is 189 Å². The predicted octanol–water partition coefficient (Wildman–Crippen LogP) is 5.84. The smallest absolute Gasteiger partial charge is 0.418 e. The second-order valence-electron chi connectivity index (χ2n) is 7.21. The van der Waals surface area contributed by atoms with Crippen molar-refractivity contribution in [1.29, 1.82) is 0 Å². The maximum absolute atomic E-state index is 9.75. The molecule has 2 atom stereocenters. The third-order valence-electron chi connectivity index (χ3n) is 4.56. The predicted molar refractivity (Wildman–Crippen MR) is 113 cm³/mol. The van der Waals surface area contributed by atoms with Crippen molar-refractivity contribution in [3.05, 3.63) is 31.1 Å². The molecule has 2 heterocycles. The second-order valence-corrected chi connectivity index (χ2v) is 7.21. The number of ether oxygens (including phenoxy) is 1. The van der Waals surface area contributed by atoms with Crippen molar-refractivity contribution < 1.29 is 48.3 Å². The van der Waals surface area contributed by atoms with Crippen molar-refractivity contribution in [1.82, 2.24) is 4.57 Å². The molecule has 2 unspecified atom stereocenters. The third kappa shape index (κ3) is 17.3. The second kappa shape index (κ2) is 15.1. The van der Waals surface area contributed by atoms with Crippen LogP contribution in [0.25, 0.3) is 0 Å². The van der Waals surface area contributed by atoms with Gasteiger partial charge in [-0.2, -0.15) is 0 Å². The number of rotatable bonds is 11. The van der Waals surface area contributed by atoms with Crippen LogP contribution in [-0.4, -0.2) is 49.6 Å². The molecule has 0 spiro atoms. The van der Waals surface area contributed by atoms with E-state index in [0.717, 1.165) is 56.4 Å². The monoisotopic (exact) mass is 494 g/mol. The number of aliphatic imine (C=N–C) groups is 1. The van der Waals surface area contributed by atoms with E-state index >= 15 is 0 Å². The van der Waals surface area contributed by atoms with Gasteiger partial charge in [0, 0.05) is 6.42 Å². The van der Waals surface area contributed by atoms with Crippen molar-refractivity contribution in [2.24, 2.45) is 4.99 Å². The van der Waals surface area contributed by atoms with Crippen molar-refractivity contribution in [2.45, 2.75) is 59.2 Å². The molecule has 2 rings (SSSR count). The summed E-state index contributed by atoms with van der Waals surface area (Å²) in [5, 5.41) is 0. The molecule has 1 aromatic heterocycles. The standard InChI is InChI=1S/C18H32N4O.2BF4/c1-4-9-18(21-12-11-20(5-2)17-21)23-15-8-7-13-22(6-3)14-10-19-16-22;2*2-1(3,4)5/h10-12,14,16-18H,4-9,13,15H2,1-3H3;;/q+2;2*-1. The van der Waals surface area contributed by atoms with E-state index in [0.29, 0.717) is 0 Å². The highest BCUT2D eigenvalue weighted by Crippen LogP contribution is 2.17. The lowest BCUT2D eigenvalue weighted by Crippen LogP contribution is -2.40. The molecule has 0 amide bonds. The summed E-state index contributed by atoms with van der Waals surface area (Å²) in [7, 11) is -12.0. The molecule has 0 radical (unpaired) electrons. The fraction of sp³-hybridized carbons (Fsp3) is 0.667. The molecule has 0 aromatic carbocycles. The highest BCUT2D eigenvalue weighted by atomic mass is 19.5. The minimum absolute atomic E-state index is 0.162. The van der Waals surface area contributed by atoms with Crippen LogP contribution in [0.1, 0.15) is 52.7 Å². The fourth-order valence-corrected chi connectivity index (χ4v) is 2.92. The number of quaternary nitrogens is 1. The fourth-order valence-electron chi connectivity index (χ4n) is 2.92. The molecule has 192 valence electrons. The quantitative estimate of drug-likeness (QED) is 0.125.